The molecule has 56 valence electrons. The van der Waals surface area contributed by atoms with E-state index in [0.29, 0.717) is 19.4 Å². The first kappa shape index (κ1) is 8.92. The number of nitrogens with one attached hydrogen (secondary N) is 1. The molecule has 0 aliphatic rings. The van der Waals surface area contributed by atoms with Gasteiger partial charge in [0, 0.05) is 6.42 Å². The summed E-state index contributed by atoms with van der Waals surface area (Å²) in [5.74, 6) is -0.105. The van der Waals surface area contributed by atoms with Crippen LogP contribution in [0.5, 0.6) is 0 Å². The van der Waals surface area contributed by atoms with Crippen LogP contribution in [0.25, 0.3) is 0 Å². The fraction of sp³-hybridized carbons (Fsp3) is 0.667. The lowest BCUT2D eigenvalue weighted by atomic mass is 10.3. The minimum atomic E-state index is -0.105. The van der Waals surface area contributed by atoms with Crippen molar-refractivity contribution in [1.29, 1.82) is 5.26 Å². The van der Waals surface area contributed by atoms with E-state index < -0.39 is 0 Å². The van der Waals surface area contributed by atoms with Gasteiger partial charge in [-0.15, -0.1) is 0 Å². The van der Waals surface area contributed by atoms with Crippen molar-refractivity contribution < 1.29 is 4.79 Å². The van der Waals surface area contributed by atoms with E-state index in [1.165, 1.54) is 0 Å². The van der Waals surface area contributed by atoms with Crippen LogP contribution in [-0.4, -0.2) is 19.0 Å². The maximum Gasteiger partial charge on any atom is 0.220 e. The maximum absolute atomic E-state index is 10.6. The van der Waals surface area contributed by atoms with Crippen molar-refractivity contribution in [2.75, 3.05) is 13.1 Å². The number of hydrogen-bond donors (Lipinski definition) is 2. The van der Waals surface area contributed by atoms with Gasteiger partial charge in [0.1, 0.15) is 6.54 Å². The van der Waals surface area contributed by atoms with Gasteiger partial charge in [-0.2, -0.15) is 5.26 Å². The zero-order chi connectivity index (χ0) is 7.82. The average Bonchev–Trinajstić information content (AvgIpc) is 1.97. The summed E-state index contributed by atoms with van der Waals surface area (Å²) in [4.78, 5) is 10.6. The molecule has 0 atom stereocenters. The van der Waals surface area contributed by atoms with Crippen molar-refractivity contribution in [3.05, 3.63) is 0 Å². The number of nitriles is 1. The Morgan fingerprint density at radius 1 is 1.70 bits per heavy atom. The van der Waals surface area contributed by atoms with Crippen LogP contribution in [0.1, 0.15) is 12.8 Å². The molecule has 4 nitrogen and oxygen atoms in total. The Labute approximate surface area is 60.0 Å². The molecule has 0 heterocycles. The SMILES string of the molecule is N#CCNC(=O)CCCN. The van der Waals surface area contributed by atoms with Crippen molar-refractivity contribution in [3.8, 4) is 6.07 Å². The van der Waals surface area contributed by atoms with Crippen LogP contribution < -0.4 is 11.1 Å². The molecule has 0 radical (unpaired) electrons. The van der Waals surface area contributed by atoms with E-state index in [4.69, 9.17) is 11.0 Å². The summed E-state index contributed by atoms with van der Waals surface area (Å²) in [6.45, 7) is 0.601. The van der Waals surface area contributed by atoms with Gasteiger partial charge in [0.15, 0.2) is 0 Å². The van der Waals surface area contributed by atoms with E-state index >= 15 is 0 Å². The van der Waals surface area contributed by atoms with Gasteiger partial charge in [-0.1, -0.05) is 0 Å². The van der Waals surface area contributed by atoms with Gasteiger partial charge in [-0.05, 0) is 13.0 Å². The Morgan fingerprint density at radius 3 is 2.90 bits per heavy atom. The minimum absolute atomic E-state index is 0.0867. The van der Waals surface area contributed by atoms with Crippen LogP contribution in [0.4, 0.5) is 0 Å². The van der Waals surface area contributed by atoms with E-state index in [-0.39, 0.29) is 12.5 Å². The zero-order valence-corrected chi connectivity index (χ0v) is 5.76. The predicted octanol–water partition coefficient (Wildman–Crippen LogP) is -0.635. The highest BCUT2D eigenvalue weighted by molar-refractivity contribution is 5.75. The lowest BCUT2D eigenvalue weighted by molar-refractivity contribution is -0.120. The third-order valence-corrected chi connectivity index (χ3v) is 0.973. The number of nitrogens with zero attached hydrogens (tertiary/aromatic N) is 1. The fourth-order valence-corrected chi connectivity index (χ4v) is 0.489. The van der Waals surface area contributed by atoms with E-state index in [1.54, 1.807) is 0 Å². The zero-order valence-electron chi connectivity index (χ0n) is 5.76. The molecule has 0 unspecified atom stereocenters. The van der Waals surface area contributed by atoms with E-state index in [2.05, 4.69) is 5.32 Å². The molecule has 0 saturated carbocycles. The van der Waals surface area contributed by atoms with E-state index in [9.17, 15) is 4.79 Å². The fourth-order valence-electron chi connectivity index (χ4n) is 0.489. The van der Waals surface area contributed by atoms with Gasteiger partial charge in [-0.25, -0.2) is 0 Å². The van der Waals surface area contributed by atoms with Crippen molar-refractivity contribution in [1.82, 2.24) is 5.32 Å². The molecule has 3 N–H and O–H groups in total. The molecule has 1 amide bonds. The second-order valence-electron chi connectivity index (χ2n) is 1.83. The lowest BCUT2D eigenvalue weighted by Crippen LogP contribution is -2.23. The smallest absolute Gasteiger partial charge is 0.220 e. The lowest BCUT2D eigenvalue weighted by Gasteiger charge is -1.97. The minimum Gasteiger partial charge on any atom is -0.343 e. The third-order valence-electron chi connectivity index (χ3n) is 0.973. The predicted molar refractivity (Wildman–Crippen MR) is 36.9 cm³/mol. The standard InChI is InChI=1S/C6H11N3O/c7-3-1-2-6(10)9-5-4-8/h1-3,5,7H2,(H,9,10). The van der Waals surface area contributed by atoms with Gasteiger partial charge in [0.05, 0.1) is 6.07 Å². The number of amides is 1. The van der Waals surface area contributed by atoms with Gasteiger partial charge in [0.2, 0.25) is 5.91 Å². The molecule has 0 aromatic rings. The highest BCUT2D eigenvalue weighted by Gasteiger charge is 1.96. The van der Waals surface area contributed by atoms with Crippen LogP contribution in [0, 0.1) is 11.3 Å². The summed E-state index contributed by atoms with van der Waals surface area (Å²) in [7, 11) is 0. The van der Waals surface area contributed by atoms with Crippen LogP contribution in [-0.2, 0) is 4.79 Å². The van der Waals surface area contributed by atoms with Gasteiger partial charge >= 0.3 is 0 Å². The number of nitrogens with two attached hydrogens (primary N) is 1. The van der Waals surface area contributed by atoms with Crippen molar-refractivity contribution in [2.24, 2.45) is 5.73 Å². The van der Waals surface area contributed by atoms with Gasteiger partial charge in [0.25, 0.3) is 0 Å². The van der Waals surface area contributed by atoms with Crippen LogP contribution in [0.2, 0.25) is 0 Å². The molecule has 10 heavy (non-hydrogen) atoms. The number of carbonyl (C=O) groups is 1. The highest BCUT2D eigenvalue weighted by atomic mass is 16.1. The summed E-state index contributed by atoms with van der Waals surface area (Å²) in [5, 5.41) is 10.5. The van der Waals surface area contributed by atoms with Crippen molar-refractivity contribution in [3.63, 3.8) is 0 Å². The molecule has 0 rings (SSSR count). The second kappa shape index (κ2) is 6.05. The summed E-state index contributed by atoms with van der Waals surface area (Å²) in [5.41, 5.74) is 5.16. The van der Waals surface area contributed by atoms with Gasteiger partial charge < -0.3 is 11.1 Å². The molecule has 0 aromatic heterocycles. The molecule has 0 saturated heterocycles. The van der Waals surface area contributed by atoms with Crippen LogP contribution >= 0.6 is 0 Å². The van der Waals surface area contributed by atoms with E-state index in [1.807, 2.05) is 6.07 Å². The number of hydrogen-bond acceptors (Lipinski definition) is 3. The topological polar surface area (TPSA) is 78.9 Å². The molecule has 0 spiro atoms. The summed E-state index contributed by atoms with van der Waals surface area (Å²) >= 11 is 0. The molecule has 0 aliphatic heterocycles. The van der Waals surface area contributed by atoms with Crippen LogP contribution in [0.15, 0.2) is 0 Å². The molecule has 4 heteroatoms. The highest BCUT2D eigenvalue weighted by Crippen LogP contribution is 1.83. The van der Waals surface area contributed by atoms with Crippen LogP contribution in [0.3, 0.4) is 0 Å². The normalized spacial score (nSPS) is 8.40. The Kier molecular flexibility index (Phi) is 5.39. The Balaban J connectivity index is 3.19. The Morgan fingerprint density at radius 2 is 2.40 bits per heavy atom. The monoisotopic (exact) mass is 141 g/mol. The molecular formula is C6H11N3O. The van der Waals surface area contributed by atoms with Gasteiger partial charge in [-0.3, -0.25) is 4.79 Å². The number of carbonyl (C=O) groups excluding carboxylic acids is 1. The first-order valence-electron chi connectivity index (χ1n) is 3.15. The largest absolute Gasteiger partial charge is 0.343 e. The number of rotatable bonds is 4. The van der Waals surface area contributed by atoms with Crippen molar-refractivity contribution in [2.45, 2.75) is 12.8 Å². The summed E-state index contributed by atoms with van der Waals surface area (Å²) < 4.78 is 0. The second-order valence-corrected chi connectivity index (χ2v) is 1.83. The molecule has 0 aliphatic carbocycles. The maximum atomic E-state index is 10.6. The average molecular weight is 141 g/mol. The third kappa shape index (κ3) is 5.06. The quantitative estimate of drug-likeness (QED) is 0.511. The van der Waals surface area contributed by atoms with E-state index in [0.717, 1.165) is 0 Å². The summed E-state index contributed by atoms with van der Waals surface area (Å²) in [6.07, 6.45) is 1.09. The van der Waals surface area contributed by atoms with Crippen molar-refractivity contribution >= 4 is 5.91 Å². The first-order chi connectivity index (χ1) is 4.81. The first-order valence-corrected chi connectivity index (χ1v) is 3.15. The molecule has 0 fully saturated rings. The molecule has 0 aromatic carbocycles. The molecular weight excluding hydrogens is 130 g/mol. The Hall–Kier alpha value is -1.08. The molecule has 0 bridgehead atoms. The Bertz CT molecular complexity index is 138. The summed E-state index contributed by atoms with van der Waals surface area (Å²) in [6, 6.07) is 1.81.